The van der Waals surface area contributed by atoms with Gasteiger partial charge in [0.15, 0.2) is 0 Å². The number of hydrogen-bond donors (Lipinski definition) is 0. The van der Waals surface area contributed by atoms with Gasteiger partial charge in [0.2, 0.25) is 0 Å². The lowest BCUT2D eigenvalue weighted by molar-refractivity contribution is 0.590. The van der Waals surface area contributed by atoms with Crippen molar-refractivity contribution in [2.75, 3.05) is 9.62 Å². The third kappa shape index (κ3) is 8.75. The van der Waals surface area contributed by atoms with Crippen molar-refractivity contribution in [3.8, 4) is 100 Å². The number of rotatable bonds is 3. The van der Waals surface area contributed by atoms with Crippen LogP contribution in [0.1, 0.15) is 178 Å². The highest BCUT2D eigenvalue weighted by Gasteiger charge is 2.52. The molecule has 0 saturated heterocycles. The van der Waals surface area contributed by atoms with E-state index in [0.29, 0.717) is 0 Å². The van der Waals surface area contributed by atoms with E-state index in [1.165, 1.54) is 276 Å². The van der Waals surface area contributed by atoms with Crippen molar-refractivity contribution in [1.29, 1.82) is 0 Å². The standard InChI is InChI=1S/C119H94B2N4S/c1-113(2,3)64-37-41-66(42-38-64)124-103-58-83-72-29-20-24-35-92(72)115(7,8)94(83)51-84(103)74-46-48-76-86-53-96-82(57-102(86)123-105-61-97-79(54-99(105)120(124)108(74)110(76)123)69-26-17-21-32-89(69)117(97,11)12)73-45-36-63(50-93(73)119(96,15)16)68-30-25-31-78-88-59-104-87(60-107(88)126-112(68)78)75-47-49-77-85-52-95-81(71-28-19-23-34-91(71)116(95,9)10)56-101(85)122-106-62-98-80(70-27-18-22-33-90(70)118(98,13)14)55-100(106)121(109(75)111(77)122)125(104)67-43-39-65(40-44-67)114(4,5)6/h17-62H,1-16H3. The van der Waals surface area contributed by atoms with Crippen LogP contribution in [0.5, 0.6) is 0 Å². The summed E-state index contributed by atoms with van der Waals surface area (Å²) >= 11 is 1.97. The van der Waals surface area contributed by atoms with Crippen LogP contribution in [0.15, 0.2) is 279 Å². The largest absolute Gasteiger partial charge is 0.376 e. The van der Waals surface area contributed by atoms with Crippen molar-refractivity contribution in [1.82, 2.24) is 9.13 Å². The summed E-state index contributed by atoms with van der Waals surface area (Å²) < 4.78 is 8.09. The molecule has 28 rings (SSSR count). The van der Waals surface area contributed by atoms with E-state index in [2.05, 4.69) is 409 Å². The first-order chi connectivity index (χ1) is 60.5. The summed E-state index contributed by atoms with van der Waals surface area (Å²) in [6, 6.07) is 112. The van der Waals surface area contributed by atoms with Crippen molar-refractivity contribution < 1.29 is 0 Å². The Labute approximate surface area is 741 Å². The summed E-state index contributed by atoms with van der Waals surface area (Å²) in [4.78, 5) is 5.53. The van der Waals surface area contributed by atoms with Crippen LogP contribution in [0.4, 0.5) is 22.7 Å². The van der Waals surface area contributed by atoms with E-state index in [0.717, 1.165) is 0 Å². The first kappa shape index (κ1) is 72.4. The third-order valence-electron chi connectivity index (χ3n) is 32.8. The van der Waals surface area contributed by atoms with Crippen molar-refractivity contribution in [3.63, 3.8) is 0 Å². The molecule has 0 N–H and O–H groups in total. The molecule has 126 heavy (non-hydrogen) atoms. The molecular weight excluding hydrogens is 1540 g/mol. The van der Waals surface area contributed by atoms with E-state index in [4.69, 9.17) is 0 Å². The van der Waals surface area contributed by atoms with Gasteiger partial charge in [0.05, 0.1) is 22.1 Å². The highest BCUT2D eigenvalue weighted by Crippen LogP contribution is 2.62. The number of hydrogen-bond acceptors (Lipinski definition) is 3. The summed E-state index contributed by atoms with van der Waals surface area (Å²) in [5.74, 6) is 0. The lowest BCUT2D eigenvalue weighted by Crippen LogP contribution is -2.60. The number of fused-ring (bicyclic) bond motifs is 34. The normalized spacial score (nSPS) is 16.5. The molecule has 7 heterocycles. The SMILES string of the molecule is CC(C)(C)c1ccc(N2B3c4cc5c(cc4-n4c6cc7c(cc6c6ccc(c3c64)-c3cc4sc6c(-c8ccc9c(c8)C(C)(C)c8cc%10c%11ccc%12c%13c%11n(c%10cc8-9)-c8cc9c(cc8B%13N(c8ccc(C(C)(C)C)cc8)c8cc%10c(cc8-%12)C(C)(C)c8ccccc8-%10)-c8ccccc8C9(C)C)cccc6c4cc32)C(C)(C)c2ccccc2-7)C(C)(C)c2ccccc2-5)cc1. The Hall–Kier alpha value is -12.9. The molecule has 7 heteroatoms. The van der Waals surface area contributed by atoms with Gasteiger partial charge in [-0.25, -0.2) is 0 Å². The van der Waals surface area contributed by atoms with Gasteiger partial charge < -0.3 is 18.8 Å². The highest BCUT2D eigenvalue weighted by molar-refractivity contribution is 7.26. The predicted octanol–water partition coefficient (Wildman–Crippen LogP) is 28.5. The first-order valence-corrected chi connectivity index (χ1v) is 46.6. The Bertz CT molecular complexity index is 8400. The first-order valence-electron chi connectivity index (χ1n) is 45.7. The van der Waals surface area contributed by atoms with Gasteiger partial charge in [-0.3, -0.25) is 0 Å². The molecule has 0 saturated carbocycles. The van der Waals surface area contributed by atoms with Gasteiger partial charge in [-0.05, 0) is 268 Å². The molecule has 19 aromatic rings. The minimum absolute atomic E-state index is 0.00666. The fourth-order valence-corrected chi connectivity index (χ4v) is 27.5. The molecule has 0 amide bonds. The van der Waals surface area contributed by atoms with Crippen molar-refractivity contribution >= 4 is 133 Å². The number of benzene rings is 16. The smallest absolute Gasteiger partial charge is 0.333 e. The van der Waals surface area contributed by atoms with Gasteiger partial charge in [-0.2, -0.15) is 0 Å². The molecule has 5 aliphatic carbocycles. The molecule has 0 radical (unpaired) electrons. The minimum atomic E-state index is -0.332. The molecule has 4 nitrogen and oxygen atoms in total. The van der Waals surface area contributed by atoms with Crippen LogP contribution in [0, 0.1) is 0 Å². The van der Waals surface area contributed by atoms with Crippen LogP contribution >= 0.6 is 11.3 Å². The van der Waals surface area contributed by atoms with E-state index in [1.807, 2.05) is 11.3 Å². The Morgan fingerprint density at radius 2 is 0.627 bits per heavy atom. The maximum atomic E-state index is 2.77. The molecule has 0 spiro atoms. The van der Waals surface area contributed by atoms with Gasteiger partial charge in [-0.1, -0.05) is 299 Å². The second kappa shape index (κ2) is 23.2. The van der Waals surface area contributed by atoms with Crippen molar-refractivity contribution in [3.05, 3.63) is 346 Å². The van der Waals surface area contributed by atoms with Crippen LogP contribution in [0.2, 0.25) is 0 Å². The van der Waals surface area contributed by atoms with Crippen LogP contribution < -0.4 is 31.5 Å². The molecule has 0 bridgehead atoms. The average molecular weight is 1630 g/mol. The van der Waals surface area contributed by atoms with E-state index < -0.39 is 0 Å². The van der Waals surface area contributed by atoms with Gasteiger partial charge in [0, 0.05) is 114 Å². The zero-order chi connectivity index (χ0) is 85.1. The molecule has 0 unspecified atom stereocenters. The molecular formula is C119H94B2N4S. The minimum Gasteiger partial charge on any atom is -0.376 e. The molecule has 4 aliphatic heterocycles. The van der Waals surface area contributed by atoms with Crippen LogP contribution in [-0.4, -0.2) is 22.8 Å². The second-order valence-corrected chi connectivity index (χ2v) is 44.1. The van der Waals surface area contributed by atoms with Crippen LogP contribution in [0.25, 0.3) is 164 Å². The number of thiophene rings is 1. The third-order valence-corrected chi connectivity index (χ3v) is 34.0. The summed E-state index contributed by atoms with van der Waals surface area (Å²) in [7, 11) is 0. The van der Waals surface area contributed by atoms with Crippen molar-refractivity contribution in [2.45, 2.75) is 149 Å². The Morgan fingerprint density at radius 3 is 1.09 bits per heavy atom. The number of anilines is 4. The number of nitrogens with zero attached hydrogens (tertiary/aromatic N) is 4. The predicted molar refractivity (Wildman–Crippen MR) is 537 cm³/mol. The molecule has 602 valence electrons. The summed E-state index contributed by atoms with van der Waals surface area (Å²) in [5, 5.41) is 7.84. The summed E-state index contributed by atoms with van der Waals surface area (Å²) in [5.41, 5.74) is 54.7. The topological polar surface area (TPSA) is 16.3 Å². The lowest BCUT2D eigenvalue weighted by atomic mass is 9.43. The Morgan fingerprint density at radius 1 is 0.254 bits per heavy atom. The van der Waals surface area contributed by atoms with Crippen LogP contribution in [-0.2, 0) is 37.9 Å². The van der Waals surface area contributed by atoms with E-state index in [-0.39, 0.29) is 51.6 Å². The lowest BCUT2D eigenvalue weighted by Gasteiger charge is -2.43. The van der Waals surface area contributed by atoms with Gasteiger partial charge in [-0.15, -0.1) is 11.3 Å². The van der Waals surface area contributed by atoms with Gasteiger partial charge in [0.1, 0.15) is 0 Å². The monoisotopic (exact) mass is 1630 g/mol. The van der Waals surface area contributed by atoms with Gasteiger partial charge in [0.25, 0.3) is 0 Å². The van der Waals surface area contributed by atoms with Crippen molar-refractivity contribution in [2.24, 2.45) is 0 Å². The maximum Gasteiger partial charge on any atom is 0.333 e. The average Bonchev–Trinajstić information content (AvgIpc) is 1.51. The fraction of sp³-hybridized carbons (Fsp3) is 0.193. The summed E-state index contributed by atoms with van der Waals surface area (Å²) in [6.07, 6.45) is 0. The highest BCUT2D eigenvalue weighted by atomic mass is 32.1. The zero-order valence-electron chi connectivity index (χ0n) is 74.4. The molecule has 9 aliphatic rings. The van der Waals surface area contributed by atoms with Gasteiger partial charge >= 0.3 is 13.7 Å². The van der Waals surface area contributed by atoms with E-state index in [9.17, 15) is 0 Å². The zero-order valence-corrected chi connectivity index (χ0v) is 75.2. The molecule has 16 aromatic carbocycles. The Kier molecular flexibility index (Phi) is 13.3. The van der Waals surface area contributed by atoms with E-state index >= 15 is 0 Å². The van der Waals surface area contributed by atoms with E-state index in [1.54, 1.807) is 0 Å². The molecule has 3 aromatic heterocycles. The molecule has 0 fully saturated rings. The molecule has 0 atom stereocenters. The summed E-state index contributed by atoms with van der Waals surface area (Å²) in [6.45, 7) is 38.3. The fourth-order valence-electron chi connectivity index (χ4n) is 26.3. The number of aromatic nitrogens is 2. The maximum absolute atomic E-state index is 2.77. The second-order valence-electron chi connectivity index (χ2n) is 43.0. The Balaban J connectivity index is 0.638. The van der Waals surface area contributed by atoms with Crippen LogP contribution in [0.3, 0.4) is 0 Å². The quantitative estimate of drug-likeness (QED) is 0.164.